The van der Waals surface area contributed by atoms with Crippen molar-refractivity contribution in [3.05, 3.63) is 40.8 Å². The largest absolute Gasteiger partial charge is 0.480 e. The molecule has 1 amide bonds. The van der Waals surface area contributed by atoms with Crippen molar-refractivity contribution >= 4 is 46.3 Å². The topological polar surface area (TPSA) is 57.6 Å². The Labute approximate surface area is 132 Å². The van der Waals surface area contributed by atoms with E-state index in [4.69, 9.17) is 12.2 Å². The first kappa shape index (κ1) is 15.7. The highest BCUT2D eigenvalue weighted by molar-refractivity contribution is 8.26. The van der Waals surface area contributed by atoms with Crippen LogP contribution in [0.1, 0.15) is 19.4 Å². The van der Waals surface area contributed by atoms with Gasteiger partial charge in [-0.15, -0.1) is 0 Å². The molecule has 1 atom stereocenters. The fraction of sp³-hybridized carbons (Fsp3) is 0.267. The molecule has 1 aliphatic heterocycles. The van der Waals surface area contributed by atoms with Crippen LogP contribution in [0.4, 0.5) is 0 Å². The van der Waals surface area contributed by atoms with Crippen LogP contribution in [0.2, 0.25) is 0 Å². The Morgan fingerprint density at radius 2 is 1.95 bits per heavy atom. The Kier molecular flexibility index (Phi) is 4.80. The van der Waals surface area contributed by atoms with Gasteiger partial charge in [-0.25, -0.2) is 4.79 Å². The smallest absolute Gasteiger partial charge is 0.327 e. The Balaban J connectivity index is 2.32. The van der Waals surface area contributed by atoms with E-state index in [1.165, 1.54) is 4.90 Å². The molecule has 2 rings (SSSR count). The zero-order valence-electron chi connectivity index (χ0n) is 11.6. The van der Waals surface area contributed by atoms with Gasteiger partial charge >= 0.3 is 5.97 Å². The summed E-state index contributed by atoms with van der Waals surface area (Å²) in [6.45, 7) is 3.52. The van der Waals surface area contributed by atoms with Crippen LogP contribution < -0.4 is 0 Å². The fourth-order valence-corrected chi connectivity index (χ4v) is 3.44. The van der Waals surface area contributed by atoms with Gasteiger partial charge in [-0.05, 0) is 17.6 Å². The summed E-state index contributed by atoms with van der Waals surface area (Å²) < 4.78 is 0.295. The molecular weight excluding hydrogens is 306 g/mol. The molecule has 4 nitrogen and oxygen atoms in total. The number of nitrogens with zero attached hydrogens (tertiary/aromatic N) is 1. The van der Waals surface area contributed by atoms with Crippen LogP contribution in [0.15, 0.2) is 35.2 Å². The first-order valence-corrected chi connectivity index (χ1v) is 7.69. The van der Waals surface area contributed by atoms with E-state index >= 15 is 0 Å². The second-order valence-electron chi connectivity index (χ2n) is 4.99. The number of carbonyl (C=O) groups excluding carboxylic acids is 1. The van der Waals surface area contributed by atoms with Gasteiger partial charge in [0.1, 0.15) is 10.4 Å². The number of hydrogen-bond donors (Lipinski definition) is 1. The highest BCUT2D eigenvalue weighted by atomic mass is 32.2. The number of hydrogen-bond acceptors (Lipinski definition) is 4. The highest BCUT2D eigenvalue weighted by Gasteiger charge is 2.41. The van der Waals surface area contributed by atoms with Crippen molar-refractivity contribution in [2.45, 2.75) is 19.9 Å². The third-order valence-electron chi connectivity index (χ3n) is 3.08. The van der Waals surface area contributed by atoms with Crippen LogP contribution in [-0.4, -0.2) is 32.2 Å². The monoisotopic (exact) mass is 321 g/mol. The minimum absolute atomic E-state index is 0.221. The molecule has 1 fully saturated rings. The maximum atomic E-state index is 12.5. The summed E-state index contributed by atoms with van der Waals surface area (Å²) in [4.78, 5) is 25.5. The molecule has 1 heterocycles. The third kappa shape index (κ3) is 3.33. The summed E-state index contributed by atoms with van der Waals surface area (Å²) in [5.74, 6) is -1.60. The average Bonchev–Trinajstić information content (AvgIpc) is 2.67. The lowest BCUT2D eigenvalue weighted by molar-refractivity contribution is -0.146. The van der Waals surface area contributed by atoms with E-state index in [1.807, 2.05) is 30.3 Å². The van der Waals surface area contributed by atoms with E-state index in [9.17, 15) is 14.7 Å². The lowest BCUT2D eigenvalue weighted by Crippen LogP contribution is -2.47. The molecular formula is C15H15NO3S2. The Morgan fingerprint density at radius 3 is 2.48 bits per heavy atom. The number of benzene rings is 1. The van der Waals surface area contributed by atoms with Gasteiger partial charge in [0.05, 0.1) is 4.91 Å². The van der Waals surface area contributed by atoms with Gasteiger partial charge in [0.25, 0.3) is 5.91 Å². The second kappa shape index (κ2) is 6.41. The summed E-state index contributed by atoms with van der Waals surface area (Å²) >= 11 is 6.33. The predicted molar refractivity (Wildman–Crippen MR) is 87.7 cm³/mol. The van der Waals surface area contributed by atoms with Gasteiger partial charge in [-0.1, -0.05) is 68.2 Å². The number of rotatable bonds is 4. The standard InChI is InChI=1S/C15H15NO3S2/c1-9(2)12(14(18)19)16-13(17)11(21-15(16)20)8-10-6-4-3-5-7-10/h3-9,12H,1-2H3,(H,18,19). The van der Waals surface area contributed by atoms with E-state index in [1.54, 1.807) is 19.9 Å². The normalized spacial score (nSPS) is 18.6. The number of aliphatic carboxylic acids is 1. The Morgan fingerprint density at radius 1 is 1.33 bits per heavy atom. The van der Waals surface area contributed by atoms with Gasteiger partial charge in [0, 0.05) is 0 Å². The number of carboxylic acid groups (broad SMARTS) is 1. The van der Waals surface area contributed by atoms with Gasteiger partial charge in [0.15, 0.2) is 0 Å². The SMILES string of the molecule is CC(C)C(C(=O)O)N1C(=O)C(=Cc2ccccc2)SC1=S. The van der Waals surface area contributed by atoms with E-state index in [0.717, 1.165) is 17.3 Å². The number of carboxylic acids is 1. The minimum atomic E-state index is -1.04. The van der Waals surface area contributed by atoms with Gasteiger partial charge < -0.3 is 5.11 Å². The van der Waals surface area contributed by atoms with E-state index in [2.05, 4.69) is 0 Å². The Hall–Kier alpha value is -1.66. The predicted octanol–water partition coefficient (Wildman–Crippen LogP) is 3.00. The molecule has 0 aromatic heterocycles. The first-order valence-electron chi connectivity index (χ1n) is 6.46. The van der Waals surface area contributed by atoms with Crippen LogP contribution in [0.5, 0.6) is 0 Å². The second-order valence-corrected chi connectivity index (χ2v) is 6.67. The lowest BCUT2D eigenvalue weighted by Gasteiger charge is -2.26. The first-order chi connectivity index (χ1) is 9.91. The van der Waals surface area contributed by atoms with Gasteiger partial charge in [0.2, 0.25) is 0 Å². The summed E-state index contributed by atoms with van der Waals surface area (Å²) in [5, 5.41) is 9.33. The molecule has 0 radical (unpaired) electrons. The molecule has 0 bridgehead atoms. The van der Waals surface area contributed by atoms with Crippen LogP contribution >= 0.6 is 24.0 Å². The van der Waals surface area contributed by atoms with Crippen LogP contribution in [-0.2, 0) is 9.59 Å². The average molecular weight is 321 g/mol. The molecule has 6 heteroatoms. The highest BCUT2D eigenvalue weighted by Crippen LogP contribution is 2.35. The quantitative estimate of drug-likeness (QED) is 0.682. The summed E-state index contributed by atoms with van der Waals surface area (Å²) in [6, 6.07) is 8.47. The van der Waals surface area contributed by atoms with Gasteiger partial charge in [-0.3, -0.25) is 9.69 Å². The molecule has 1 aromatic carbocycles. The maximum absolute atomic E-state index is 12.5. The zero-order valence-corrected chi connectivity index (χ0v) is 13.3. The van der Waals surface area contributed by atoms with E-state index < -0.39 is 12.0 Å². The molecule has 1 N–H and O–H groups in total. The number of thiocarbonyl (C=S) groups is 1. The van der Waals surface area contributed by atoms with Crippen LogP contribution in [0.3, 0.4) is 0 Å². The van der Waals surface area contributed by atoms with Crippen molar-refractivity contribution in [1.82, 2.24) is 4.90 Å². The summed E-state index contributed by atoms with van der Waals surface area (Å²) in [5.41, 5.74) is 0.884. The van der Waals surface area contributed by atoms with Gasteiger partial charge in [-0.2, -0.15) is 0 Å². The molecule has 1 saturated heterocycles. The zero-order chi connectivity index (χ0) is 15.6. The molecule has 0 saturated carbocycles. The lowest BCUT2D eigenvalue weighted by atomic mass is 10.0. The molecule has 1 unspecified atom stereocenters. The molecule has 0 aliphatic carbocycles. The van der Waals surface area contributed by atoms with E-state index in [0.29, 0.717) is 9.23 Å². The van der Waals surface area contributed by atoms with Crippen molar-refractivity contribution in [2.75, 3.05) is 0 Å². The summed E-state index contributed by atoms with van der Waals surface area (Å²) in [7, 11) is 0. The van der Waals surface area contributed by atoms with Crippen molar-refractivity contribution < 1.29 is 14.7 Å². The molecule has 0 spiro atoms. The number of thioether (sulfide) groups is 1. The fourth-order valence-electron chi connectivity index (χ4n) is 2.11. The van der Waals surface area contributed by atoms with Crippen LogP contribution in [0.25, 0.3) is 6.08 Å². The van der Waals surface area contributed by atoms with Crippen molar-refractivity contribution in [1.29, 1.82) is 0 Å². The van der Waals surface area contributed by atoms with E-state index in [-0.39, 0.29) is 11.8 Å². The molecule has 1 aromatic rings. The van der Waals surface area contributed by atoms with Crippen molar-refractivity contribution in [2.24, 2.45) is 5.92 Å². The molecule has 1 aliphatic rings. The minimum Gasteiger partial charge on any atom is -0.480 e. The number of carbonyl (C=O) groups is 2. The number of amides is 1. The molecule has 110 valence electrons. The van der Waals surface area contributed by atoms with Crippen LogP contribution in [0, 0.1) is 5.92 Å². The maximum Gasteiger partial charge on any atom is 0.327 e. The summed E-state index contributed by atoms with van der Waals surface area (Å²) in [6.07, 6.45) is 1.73. The Bertz CT molecular complexity index is 611. The van der Waals surface area contributed by atoms with Crippen molar-refractivity contribution in [3.8, 4) is 0 Å². The van der Waals surface area contributed by atoms with Crippen molar-refractivity contribution in [3.63, 3.8) is 0 Å². The molecule has 21 heavy (non-hydrogen) atoms. The third-order valence-corrected chi connectivity index (χ3v) is 4.41.